The average molecular weight is 337 g/mol. The lowest BCUT2D eigenvalue weighted by Crippen LogP contribution is -2.28. The van der Waals surface area contributed by atoms with E-state index in [2.05, 4.69) is 14.4 Å². The molecule has 0 radical (unpaired) electrons. The van der Waals surface area contributed by atoms with Crippen LogP contribution >= 0.6 is 0 Å². The van der Waals surface area contributed by atoms with Gasteiger partial charge in [0.1, 0.15) is 5.75 Å². The van der Waals surface area contributed by atoms with E-state index >= 15 is 0 Å². The Morgan fingerprint density at radius 2 is 2.00 bits per heavy atom. The maximum absolute atomic E-state index is 12.1. The first-order valence-corrected chi connectivity index (χ1v) is 8.48. The molecule has 7 nitrogen and oxygen atoms in total. The summed E-state index contributed by atoms with van der Waals surface area (Å²) in [6.45, 7) is 3.28. The number of nitrogens with one attached hydrogen (secondary N) is 2. The molecule has 1 aliphatic rings. The summed E-state index contributed by atoms with van der Waals surface area (Å²) in [6.07, 6.45) is 0.601. The molecular weight excluding hydrogens is 318 g/mol. The maximum Gasteiger partial charge on any atom is 0.342 e. The SMILES string of the molecule is COc1ccccc1NC(=O)CCC1=C(C)NS(=O)(=O)N=C1C. The number of hydrogen-bond donors (Lipinski definition) is 2. The second-order valence-corrected chi connectivity index (χ2v) is 6.44. The maximum atomic E-state index is 12.1. The van der Waals surface area contributed by atoms with Crippen LogP contribution in [0.25, 0.3) is 0 Å². The number of amides is 1. The van der Waals surface area contributed by atoms with Crippen molar-refractivity contribution in [3.63, 3.8) is 0 Å². The van der Waals surface area contributed by atoms with Gasteiger partial charge < -0.3 is 10.1 Å². The molecule has 0 aromatic heterocycles. The Hall–Kier alpha value is -2.35. The van der Waals surface area contributed by atoms with E-state index in [9.17, 15) is 13.2 Å². The summed E-state index contributed by atoms with van der Waals surface area (Å²) in [5.41, 5.74) is 2.24. The number of hydrogen-bond acceptors (Lipinski definition) is 4. The number of carbonyl (C=O) groups is 1. The quantitative estimate of drug-likeness (QED) is 0.859. The van der Waals surface area contributed by atoms with E-state index in [0.29, 0.717) is 29.3 Å². The number of benzene rings is 1. The highest BCUT2D eigenvalue weighted by molar-refractivity contribution is 7.88. The third-order valence-electron chi connectivity index (χ3n) is 3.41. The fourth-order valence-corrected chi connectivity index (χ4v) is 3.38. The lowest BCUT2D eigenvalue weighted by atomic mass is 10.0. The number of ether oxygens (including phenoxy) is 1. The van der Waals surface area contributed by atoms with Crippen LogP contribution in [-0.4, -0.2) is 27.1 Å². The highest BCUT2D eigenvalue weighted by Gasteiger charge is 2.20. The minimum absolute atomic E-state index is 0.184. The number of allylic oxidation sites excluding steroid dienone is 2. The smallest absolute Gasteiger partial charge is 0.342 e. The molecule has 23 heavy (non-hydrogen) atoms. The molecule has 0 spiro atoms. The van der Waals surface area contributed by atoms with Crippen LogP contribution in [0.3, 0.4) is 0 Å². The summed E-state index contributed by atoms with van der Waals surface area (Å²) in [5, 5.41) is 2.78. The third kappa shape index (κ3) is 4.32. The molecule has 0 fully saturated rings. The van der Waals surface area contributed by atoms with Gasteiger partial charge in [0.15, 0.2) is 0 Å². The second-order valence-electron chi connectivity index (χ2n) is 5.11. The summed E-state index contributed by atoms with van der Waals surface area (Å²) < 4.78 is 34.0. The number of methoxy groups -OCH3 is 1. The van der Waals surface area contributed by atoms with Gasteiger partial charge in [-0.3, -0.25) is 9.52 Å². The van der Waals surface area contributed by atoms with Crippen molar-refractivity contribution in [1.29, 1.82) is 0 Å². The molecule has 124 valence electrons. The summed E-state index contributed by atoms with van der Waals surface area (Å²) in [7, 11) is -2.11. The van der Waals surface area contributed by atoms with Crippen LogP contribution in [0.5, 0.6) is 5.75 Å². The minimum atomic E-state index is -3.65. The van der Waals surface area contributed by atoms with Gasteiger partial charge in [-0.2, -0.15) is 8.42 Å². The summed E-state index contributed by atoms with van der Waals surface area (Å²) >= 11 is 0. The van der Waals surface area contributed by atoms with Crippen LogP contribution in [0.2, 0.25) is 0 Å². The molecule has 1 aromatic rings. The van der Waals surface area contributed by atoms with Gasteiger partial charge >= 0.3 is 10.2 Å². The van der Waals surface area contributed by atoms with Crippen LogP contribution < -0.4 is 14.8 Å². The fraction of sp³-hybridized carbons (Fsp3) is 0.333. The van der Waals surface area contributed by atoms with E-state index in [1.165, 1.54) is 7.11 Å². The van der Waals surface area contributed by atoms with Crippen LogP contribution in [-0.2, 0) is 15.0 Å². The van der Waals surface area contributed by atoms with E-state index in [1.807, 2.05) is 6.07 Å². The van der Waals surface area contributed by atoms with Crippen molar-refractivity contribution < 1.29 is 17.9 Å². The first-order valence-electron chi connectivity index (χ1n) is 7.04. The van der Waals surface area contributed by atoms with Crippen LogP contribution in [0.1, 0.15) is 26.7 Å². The molecule has 0 unspecified atom stereocenters. The van der Waals surface area contributed by atoms with E-state index in [1.54, 1.807) is 32.0 Å². The van der Waals surface area contributed by atoms with Gasteiger partial charge in [0.2, 0.25) is 5.91 Å². The number of anilines is 1. The van der Waals surface area contributed by atoms with Crippen molar-refractivity contribution in [3.05, 3.63) is 35.5 Å². The Morgan fingerprint density at radius 1 is 1.30 bits per heavy atom. The monoisotopic (exact) mass is 337 g/mol. The molecule has 8 heteroatoms. The van der Waals surface area contributed by atoms with Crippen molar-refractivity contribution in [1.82, 2.24) is 4.72 Å². The standard InChI is InChI=1S/C15H19N3O4S/c1-10-12(11(2)18-23(20,21)17-10)8-9-15(19)16-13-6-4-5-7-14(13)22-3/h4-7,17H,8-9H2,1-3H3,(H,16,19). The zero-order valence-corrected chi connectivity index (χ0v) is 14.0. The van der Waals surface area contributed by atoms with Crippen LogP contribution in [0.4, 0.5) is 5.69 Å². The normalized spacial score (nSPS) is 16.4. The van der Waals surface area contributed by atoms with Gasteiger partial charge in [0, 0.05) is 12.1 Å². The first-order chi connectivity index (χ1) is 10.8. The molecule has 0 aliphatic carbocycles. The average Bonchev–Trinajstić information content (AvgIpc) is 2.45. The van der Waals surface area contributed by atoms with Crippen molar-refractivity contribution >= 4 is 27.5 Å². The largest absolute Gasteiger partial charge is 0.495 e. The first kappa shape index (κ1) is 17.0. The Morgan fingerprint density at radius 3 is 2.65 bits per heavy atom. The molecule has 0 saturated carbocycles. The van der Waals surface area contributed by atoms with Crippen molar-refractivity contribution in [2.45, 2.75) is 26.7 Å². The van der Waals surface area contributed by atoms with Gasteiger partial charge in [-0.1, -0.05) is 12.1 Å². The summed E-state index contributed by atoms with van der Waals surface area (Å²) in [6, 6.07) is 7.13. The predicted octanol–water partition coefficient (Wildman–Crippen LogP) is 2.00. The Kier molecular flexibility index (Phi) is 5.05. The van der Waals surface area contributed by atoms with E-state index < -0.39 is 10.2 Å². The van der Waals surface area contributed by atoms with Crippen molar-refractivity contribution in [2.75, 3.05) is 12.4 Å². The molecule has 1 aliphatic heterocycles. The van der Waals surface area contributed by atoms with Gasteiger partial charge in [0.25, 0.3) is 0 Å². The van der Waals surface area contributed by atoms with Gasteiger partial charge in [0.05, 0.1) is 18.5 Å². The molecule has 1 heterocycles. The van der Waals surface area contributed by atoms with E-state index in [0.717, 1.165) is 5.57 Å². The Balaban J connectivity index is 2.01. The van der Waals surface area contributed by atoms with Gasteiger partial charge in [-0.25, -0.2) is 0 Å². The van der Waals surface area contributed by atoms with Crippen molar-refractivity contribution in [2.24, 2.45) is 4.40 Å². The zero-order valence-electron chi connectivity index (χ0n) is 13.2. The molecular formula is C15H19N3O4S. The lowest BCUT2D eigenvalue weighted by Gasteiger charge is -2.18. The molecule has 0 atom stereocenters. The molecule has 1 amide bonds. The highest BCUT2D eigenvalue weighted by atomic mass is 32.2. The van der Waals surface area contributed by atoms with Crippen LogP contribution in [0, 0.1) is 0 Å². The molecule has 0 saturated heterocycles. The Labute approximate surface area is 135 Å². The predicted molar refractivity (Wildman–Crippen MR) is 88.7 cm³/mol. The van der Waals surface area contributed by atoms with Gasteiger partial charge in [-0.05, 0) is 38.0 Å². The Bertz CT molecular complexity index is 782. The third-order valence-corrected chi connectivity index (χ3v) is 4.49. The lowest BCUT2D eigenvalue weighted by molar-refractivity contribution is -0.116. The van der Waals surface area contributed by atoms with E-state index in [4.69, 9.17) is 4.74 Å². The van der Waals surface area contributed by atoms with Crippen molar-refractivity contribution in [3.8, 4) is 5.75 Å². The summed E-state index contributed by atoms with van der Waals surface area (Å²) in [5.74, 6) is 0.399. The van der Waals surface area contributed by atoms with Gasteiger partial charge in [-0.15, -0.1) is 4.40 Å². The number of rotatable bonds is 5. The zero-order chi connectivity index (χ0) is 17.0. The second kappa shape index (κ2) is 6.82. The molecule has 2 N–H and O–H groups in total. The van der Waals surface area contributed by atoms with Crippen LogP contribution in [0.15, 0.2) is 39.9 Å². The topological polar surface area (TPSA) is 96.9 Å². The number of para-hydroxylation sites is 2. The summed E-state index contributed by atoms with van der Waals surface area (Å²) in [4.78, 5) is 12.1. The molecule has 1 aromatic carbocycles. The minimum Gasteiger partial charge on any atom is -0.495 e. The fourth-order valence-electron chi connectivity index (χ4n) is 2.35. The number of nitrogens with zero attached hydrogens (tertiary/aromatic N) is 1. The number of carbonyl (C=O) groups excluding carboxylic acids is 1. The highest BCUT2D eigenvalue weighted by Crippen LogP contribution is 2.24. The molecule has 2 rings (SSSR count). The van der Waals surface area contributed by atoms with E-state index in [-0.39, 0.29) is 12.3 Å². The molecule has 0 bridgehead atoms.